The van der Waals surface area contributed by atoms with Crippen LogP contribution < -0.4 is 10.1 Å². The number of benzene rings is 2. The van der Waals surface area contributed by atoms with Crippen molar-refractivity contribution in [3.8, 4) is 5.75 Å². The van der Waals surface area contributed by atoms with Gasteiger partial charge in [0.2, 0.25) is 5.95 Å². The van der Waals surface area contributed by atoms with Crippen molar-refractivity contribution in [2.24, 2.45) is 0 Å². The molecule has 0 radical (unpaired) electrons. The molecule has 0 aliphatic carbocycles. The van der Waals surface area contributed by atoms with Crippen molar-refractivity contribution in [3.05, 3.63) is 87.1 Å². The Morgan fingerprint density at radius 1 is 1.03 bits per heavy atom. The second kappa shape index (κ2) is 9.56. The average Bonchev–Trinajstić information content (AvgIpc) is 3.40. The summed E-state index contributed by atoms with van der Waals surface area (Å²) in [5.41, 5.74) is 0.947. The number of nitrogens with one attached hydrogen (secondary N) is 1. The SMILES string of the molecule is O=C(Nc1ncn(Cc2ccc(Cl)cc2Cl)n1)c1ccn(COc2ccc(F)c(Cl)c2)n1. The topological polar surface area (TPSA) is 86.9 Å². The Bertz CT molecular complexity index is 1280. The predicted molar refractivity (Wildman–Crippen MR) is 118 cm³/mol. The van der Waals surface area contributed by atoms with Gasteiger partial charge in [0.05, 0.1) is 11.6 Å². The van der Waals surface area contributed by atoms with Gasteiger partial charge in [-0.25, -0.2) is 18.7 Å². The minimum atomic E-state index is -0.538. The van der Waals surface area contributed by atoms with Gasteiger partial charge in [-0.2, -0.15) is 5.10 Å². The maximum atomic E-state index is 13.2. The molecule has 4 aromatic rings. The first-order chi connectivity index (χ1) is 15.4. The summed E-state index contributed by atoms with van der Waals surface area (Å²) in [7, 11) is 0. The molecule has 0 saturated heterocycles. The fourth-order valence-corrected chi connectivity index (χ4v) is 3.32. The molecule has 2 aromatic heterocycles. The van der Waals surface area contributed by atoms with E-state index in [-0.39, 0.29) is 23.4 Å². The normalized spacial score (nSPS) is 10.9. The first-order valence-electron chi connectivity index (χ1n) is 9.13. The lowest BCUT2D eigenvalue weighted by molar-refractivity contribution is 0.101. The van der Waals surface area contributed by atoms with Gasteiger partial charge in [0.25, 0.3) is 5.91 Å². The summed E-state index contributed by atoms with van der Waals surface area (Å²) in [6.07, 6.45) is 3.04. The quantitative estimate of drug-likeness (QED) is 0.394. The van der Waals surface area contributed by atoms with Crippen LogP contribution in [-0.4, -0.2) is 30.5 Å². The van der Waals surface area contributed by atoms with E-state index in [0.717, 1.165) is 5.56 Å². The number of ether oxygens (including phenoxy) is 1. The van der Waals surface area contributed by atoms with E-state index in [2.05, 4.69) is 20.5 Å². The molecule has 0 saturated carbocycles. The molecular formula is C20H14Cl3FN6O2. The Morgan fingerprint density at radius 2 is 1.88 bits per heavy atom. The van der Waals surface area contributed by atoms with Crippen molar-refractivity contribution in [1.29, 1.82) is 0 Å². The van der Waals surface area contributed by atoms with Crippen molar-refractivity contribution in [1.82, 2.24) is 24.5 Å². The maximum Gasteiger partial charge on any atom is 0.278 e. The third-order valence-corrected chi connectivity index (χ3v) is 5.11. The molecule has 2 heterocycles. The van der Waals surface area contributed by atoms with Crippen molar-refractivity contribution in [2.75, 3.05) is 5.32 Å². The molecule has 0 spiro atoms. The molecule has 8 nitrogen and oxygen atoms in total. The average molecular weight is 496 g/mol. The lowest BCUT2D eigenvalue weighted by Gasteiger charge is -2.06. The van der Waals surface area contributed by atoms with Gasteiger partial charge in [0.15, 0.2) is 12.4 Å². The van der Waals surface area contributed by atoms with E-state index in [9.17, 15) is 9.18 Å². The van der Waals surface area contributed by atoms with Gasteiger partial charge in [-0.3, -0.25) is 10.1 Å². The molecule has 1 N–H and O–H groups in total. The van der Waals surface area contributed by atoms with Gasteiger partial charge in [-0.05, 0) is 35.9 Å². The summed E-state index contributed by atoms with van der Waals surface area (Å²) in [6, 6.07) is 10.7. The predicted octanol–water partition coefficient (Wildman–Crippen LogP) is 4.91. The number of rotatable bonds is 7. The summed E-state index contributed by atoms with van der Waals surface area (Å²) in [5.74, 6) is -0.541. The van der Waals surface area contributed by atoms with Crippen LogP contribution in [0.5, 0.6) is 5.75 Å². The zero-order valence-electron chi connectivity index (χ0n) is 16.2. The third kappa shape index (κ3) is 5.37. The Balaban J connectivity index is 1.34. The number of hydrogen-bond acceptors (Lipinski definition) is 5. The molecule has 4 rings (SSSR count). The number of carbonyl (C=O) groups is 1. The van der Waals surface area contributed by atoms with Crippen LogP contribution in [0.25, 0.3) is 0 Å². The van der Waals surface area contributed by atoms with E-state index < -0.39 is 11.7 Å². The number of halogens is 4. The van der Waals surface area contributed by atoms with E-state index in [1.807, 2.05) is 0 Å². The lowest BCUT2D eigenvalue weighted by atomic mass is 10.2. The number of anilines is 1. The standard InChI is InChI=1S/C20H14Cl3FN6O2/c21-13-2-1-12(15(22)7-13)9-30-10-25-20(28-30)26-19(31)18-5-6-29(27-18)11-32-14-3-4-17(24)16(23)8-14/h1-8,10H,9,11H2,(H,26,28,31). The van der Waals surface area contributed by atoms with Crippen LogP contribution >= 0.6 is 34.8 Å². The van der Waals surface area contributed by atoms with Gasteiger partial charge < -0.3 is 4.74 Å². The number of carbonyl (C=O) groups excluding carboxylic acids is 1. The minimum absolute atomic E-state index is 0.00394. The van der Waals surface area contributed by atoms with Gasteiger partial charge in [-0.1, -0.05) is 40.9 Å². The fourth-order valence-electron chi connectivity index (χ4n) is 2.68. The molecular weight excluding hydrogens is 482 g/mol. The summed E-state index contributed by atoms with van der Waals surface area (Å²) < 4.78 is 21.6. The molecule has 1 amide bonds. The van der Waals surface area contributed by atoms with Crippen LogP contribution in [-0.2, 0) is 13.3 Å². The van der Waals surface area contributed by atoms with Gasteiger partial charge in [0, 0.05) is 22.3 Å². The molecule has 32 heavy (non-hydrogen) atoms. The summed E-state index contributed by atoms with van der Waals surface area (Å²) in [5, 5.41) is 11.9. The van der Waals surface area contributed by atoms with Crippen LogP contribution in [0.3, 0.4) is 0 Å². The van der Waals surface area contributed by atoms with Crippen molar-refractivity contribution in [2.45, 2.75) is 13.3 Å². The van der Waals surface area contributed by atoms with Crippen LogP contribution in [0, 0.1) is 5.82 Å². The minimum Gasteiger partial charge on any atom is -0.471 e. The molecule has 12 heteroatoms. The molecule has 0 bridgehead atoms. The van der Waals surface area contributed by atoms with Gasteiger partial charge in [0.1, 0.15) is 17.9 Å². The Labute approximate surface area is 196 Å². The molecule has 164 valence electrons. The fraction of sp³-hybridized carbons (Fsp3) is 0.100. The van der Waals surface area contributed by atoms with E-state index >= 15 is 0 Å². The third-order valence-electron chi connectivity index (χ3n) is 4.24. The summed E-state index contributed by atoms with van der Waals surface area (Å²) >= 11 is 17.8. The summed E-state index contributed by atoms with van der Waals surface area (Å²) in [4.78, 5) is 16.5. The highest BCUT2D eigenvalue weighted by Crippen LogP contribution is 2.22. The van der Waals surface area contributed by atoms with Crippen LogP contribution in [0.4, 0.5) is 10.3 Å². The van der Waals surface area contributed by atoms with Crippen molar-refractivity contribution in [3.63, 3.8) is 0 Å². The maximum absolute atomic E-state index is 13.2. The van der Waals surface area contributed by atoms with E-state index in [1.54, 1.807) is 24.4 Å². The van der Waals surface area contributed by atoms with Crippen LogP contribution in [0.15, 0.2) is 55.0 Å². The molecule has 2 aromatic carbocycles. The Morgan fingerprint density at radius 3 is 2.66 bits per heavy atom. The monoisotopic (exact) mass is 494 g/mol. The zero-order valence-corrected chi connectivity index (χ0v) is 18.4. The highest BCUT2D eigenvalue weighted by atomic mass is 35.5. The van der Waals surface area contributed by atoms with Crippen molar-refractivity contribution >= 4 is 46.7 Å². The van der Waals surface area contributed by atoms with Crippen LogP contribution in [0.1, 0.15) is 16.1 Å². The van der Waals surface area contributed by atoms with E-state index in [1.165, 1.54) is 40.0 Å². The first-order valence-corrected chi connectivity index (χ1v) is 10.3. The highest BCUT2D eigenvalue weighted by Gasteiger charge is 2.13. The first kappa shape index (κ1) is 22.1. The van der Waals surface area contributed by atoms with E-state index in [4.69, 9.17) is 39.5 Å². The molecule has 0 aliphatic rings. The molecule has 0 fully saturated rings. The van der Waals surface area contributed by atoms with Gasteiger partial charge in [-0.15, -0.1) is 5.10 Å². The largest absolute Gasteiger partial charge is 0.471 e. The van der Waals surface area contributed by atoms with Gasteiger partial charge >= 0.3 is 0 Å². The van der Waals surface area contributed by atoms with Crippen molar-refractivity contribution < 1.29 is 13.9 Å². The molecule has 0 aliphatic heterocycles. The molecule has 0 unspecified atom stereocenters. The summed E-state index contributed by atoms with van der Waals surface area (Å²) in [6.45, 7) is 0.363. The second-order valence-corrected chi connectivity index (χ2v) is 7.80. The second-order valence-electron chi connectivity index (χ2n) is 6.55. The Hall–Kier alpha value is -3.14. The smallest absolute Gasteiger partial charge is 0.278 e. The number of amides is 1. The number of aromatic nitrogens is 5. The number of hydrogen-bond donors (Lipinski definition) is 1. The lowest BCUT2D eigenvalue weighted by Crippen LogP contribution is -2.15. The molecule has 0 atom stereocenters. The number of nitrogens with zero attached hydrogens (tertiary/aromatic N) is 5. The highest BCUT2D eigenvalue weighted by molar-refractivity contribution is 6.35. The Kier molecular flexibility index (Phi) is 6.59. The van der Waals surface area contributed by atoms with E-state index in [0.29, 0.717) is 22.3 Å². The van der Waals surface area contributed by atoms with Crippen LogP contribution in [0.2, 0.25) is 15.1 Å². The zero-order chi connectivity index (χ0) is 22.7.